The molecule has 0 amide bonds. The summed E-state index contributed by atoms with van der Waals surface area (Å²) >= 11 is 0. The Morgan fingerprint density at radius 1 is 1.00 bits per heavy atom. The van der Waals surface area contributed by atoms with Gasteiger partial charge in [0.2, 0.25) is 0 Å². The molecular formula is C6H13FeN2O7-. The van der Waals surface area contributed by atoms with Gasteiger partial charge in [0.25, 0.3) is 0 Å². The van der Waals surface area contributed by atoms with Gasteiger partial charge >= 0.3 is 0 Å². The number of carboxylic acids is 3. The van der Waals surface area contributed by atoms with Gasteiger partial charge in [-0.05, 0) is 6.92 Å². The van der Waals surface area contributed by atoms with Gasteiger partial charge in [-0.3, -0.25) is 0 Å². The maximum absolute atomic E-state index is 10.2. The summed E-state index contributed by atoms with van der Waals surface area (Å²) in [5, 5.41) is 39.4. The third-order valence-corrected chi connectivity index (χ3v) is 1.59. The minimum Gasteiger partial charge on any atom is -0.549 e. The van der Waals surface area contributed by atoms with Gasteiger partial charge in [0.05, 0.1) is 24.0 Å². The van der Waals surface area contributed by atoms with Crippen molar-refractivity contribution in [2.45, 2.75) is 13.0 Å². The number of aliphatic carboxylic acids is 3. The number of aliphatic hydroxyl groups excluding tert-OH is 1. The van der Waals surface area contributed by atoms with E-state index in [0.717, 1.165) is 0 Å². The van der Waals surface area contributed by atoms with Gasteiger partial charge in [-0.25, -0.2) is 0 Å². The molecule has 98 valence electrons. The molecule has 0 fully saturated rings. The van der Waals surface area contributed by atoms with E-state index in [4.69, 9.17) is 5.11 Å². The summed E-state index contributed by atoms with van der Waals surface area (Å²) in [4.78, 5) is 30.7. The van der Waals surface area contributed by atoms with Crippen molar-refractivity contribution in [2.75, 3.05) is 0 Å². The van der Waals surface area contributed by atoms with Crippen LogP contribution in [0.1, 0.15) is 6.92 Å². The molecule has 1 unspecified atom stereocenters. The standard InChI is InChI=1S/C6H8O7.Fe.2H3N/c1-2(7)6(3(8)9,4(10)11)5(12)13;;;/h2,7H,1H3,(H,8,9)(H,10,11)(H,12,13);;2*1H3/p-1. The summed E-state index contributed by atoms with van der Waals surface area (Å²) in [5.74, 6) is -7.45. The van der Waals surface area contributed by atoms with E-state index >= 15 is 0 Å². The third kappa shape index (κ3) is 3.43. The largest absolute Gasteiger partial charge is 0.549 e. The van der Waals surface area contributed by atoms with Crippen molar-refractivity contribution in [3.8, 4) is 0 Å². The predicted molar refractivity (Wildman–Crippen MR) is 41.1 cm³/mol. The topological polar surface area (TPSA) is 214 Å². The Balaban J connectivity index is -0.000000240. The average Bonchev–Trinajstić information content (AvgIpc) is 1.82. The van der Waals surface area contributed by atoms with E-state index in [9.17, 15) is 29.7 Å². The van der Waals surface area contributed by atoms with Crippen molar-refractivity contribution in [1.29, 1.82) is 0 Å². The molecule has 0 aromatic rings. The van der Waals surface area contributed by atoms with Gasteiger partial charge < -0.3 is 47.1 Å². The fourth-order valence-electron chi connectivity index (χ4n) is 0.762. The monoisotopic (exact) mass is 281 g/mol. The first-order valence-corrected chi connectivity index (χ1v) is 3.10. The molecule has 0 saturated heterocycles. The number of rotatable bonds is 4. The van der Waals surface area contributed by atoms with Crippen LogP contribution in [0.15, 0.2) is 0 Å². The van der Waals surface area contributed by atoms with Gasteiger partial charge in [0, 0.05) is 17.1 Å². The fourth-order valence-corrected chi connectivity index (χ4v) is 0.762. The Kier molecular flexibility index (Phi) is 12.1. The van der Waals surface area contributed by atoms with E-state index in [1.807, 2.05) is 0 Å². The molecule has 9 nitrogen and oxygen atoms in total. The van der Waals surface area contributed by atoms with Gasteiger partial charge in [-0.2, -0.15) is 0 Å². The minimum absolute atomic E-state index is 0. The number of aliphatic hydroxyl groups is 1. The van der Waals surface area contributed by atoms with Crippen LogP contribution in [0, 0.1) is 5.41 Å². The van der Waals surface area contributed by atoms with Crippen LogP contribution in [0.3, 0.4) is 0 Å². The van der Waals surface area contributed by atoms with E-state index in [1.54, 1.807) is 0 Å². The number of carbonyl (C=O) groups is 3. The Morgan fingerprint density at radius 3 is 1.19 bits per heavy atom. The van der Waals surface area contributed by atoms with Gasteiger partial charge in [0.1, 0.15) is 5.41 Å². The quantitative estimate of drug-likeness (QED) is 0.337. The first-order valence-electron chi connectivity index (χ1n) is 3.10. The van der Waals surface area contributed by atoms with E-state index in [2.05, 4.69) is 0 Å². The van der Waals surface area contributed by atoms with Gasteiger partial charge in [-0.1, -0.05) is 0 Å². The molecule has 0 aromatic carbocycles. The fraction of sp³-hybridized carbons (Fsp3) is 0.500. The number of carboxylic acid groups (broad SMARTS) is 3. The van der Waals surface area contributed by atoms with Crippen molar-refractivity contribution in [1.82, 2.24) is 12.3 Å². The molecule has 0 spiro atoms. The molecule has 0 heterocycles. The van der Waals surface area contributed by atoms with Crippen molar-refractivity contribution in [3.05, 3.63) is 0 Å². The van der Waals surface area contributed by atoms with E-state index in [1.165, 1.54) is 0 Å². The van der Waals surface area contributed by atoms with E-state index in [-0.39, 0.29) is 29.4 Å². The Morgan fingerprint density at radius 2 is 1.19 bits per heavy atom. The maximum atomic E-state index is 10.2. The molecule has 0 aliphatic heterocycles. The molecule has 9 N–H and O–H groups in total. The molecule has 0 aliphatic carbocycles. The average molecular weight is 281 g/mol. The van der Waals surface area contributed by atoms with Crippen LogP contribution in [-0.4, -0.2) is 29.1 Å². The van der Waals surface area contributed by atoms with Crippen molar-refractivity contribution in [3.63, 3.8) is 0 Å². The van der Waals surface area contributed by atoms with E-state index in [0.29, 0.717) is 6.92 Å². The maximum Gasteiger partial charge on any atom is 0.114 e. The summed E-state index contributed by atoms with van der Waals surface area (Å²) < 4.78 is 0. The van der Waals surface area contributed by atoms with Crippen LogP contribution < -0.4 is 27.6 Å². The second-order valence-corrected chi connectivity index (χ2v) is 2.35. The second-order valence-electron chi connectivity index (χ2n) is 2.35. The molecule has 0 bridgehead atoms. The van der Waals surface area contributed by atoms with E-state index < -0.39 is 29.4 Å². The molecule has 0 saturated carbocycles. The molecule has 0 radical (unpaired) electrons. The molecular weight excluding hydrogens is 268 g/mol. The Labute approximate surface area is 101 Å². The zero-order valence-corrected chi connectivity index (χ0v) is 9.93. The van der Waals surface area contributed by atoms with Crippen LogP contribution in [-0.2, 0) is 31.5 Å². The number of hydrogen-bond donors (Lipinski definition) is 3. The molecule has 0 aliphatic rings. The molecule has 16 heavy (non-hydrogen) atoms. The molecule has 0 aromatic heterocycles. The zero-order chi connectivity index (χ0) is 10.8. The predicted octanol–water partition coefficient (Wildman–Crippen LogP) is -4.65. The Hall–Kier alpha value is -1.19. The van der Waals surface area contributed by atoms with Crippen molar-refractivity contribution in [2.24, 2.45) is 5.41 Å². The summed E-state index contributed by atoms with van der Waals surface area (Å²) in [6.07, 6.45) is -2.22. The normalized spacial score (nSPS) is 10.9. The SMILES string of the molecule is CC(O)C(C(=O)[O-])(C(=O)[O-])C(=O)[O-].[Fe].[NH4+].[NH4+]. The number of quaternary nitrogens is 2. The number of hydrogen-bond acceptors (Lipinski definition) is 7. The summed E-state index contributed by atoms with van der Waals surface area (Å²) in [6.45, 7) is 0.668. The van der Waals surface area contributed by atoms with Gasteiger partial charge in [-0.15, -0.1) is 0 Å². The smallest absolute Gasteiger partial charge is 0.114 e. The van der Waals surface area contributed by atoms with Crippen LogP contribution >= 0.6 is 0 Å². The van der Waals surface area contributed by atoms with Crippen LogP contribution in [0.5, 0.6) is 0 Å². The molecule has 0 rings (SSSR count). The minimum atomic E-state index is -3.53. The first-order chi connectivity index (χ1) is 5.77. The summed E-state index contributed by atoms with van der Waals surface area (Å²) in [6, 6.07) is 0. The number of carbonyl (C=O) groups excluding carboxylic acids is 3. The molecule has 10 heteroatoms. The zero-order valence-electron chi connectivity index (χ0n) is 8.83. The van der Waals surface area contributed by atoms with Crippen LogP contribution in [0.25, 0.3) is 0 Å². The van der Waals surface area contributed by atoms with Crippen LogP contribution in [0.4, 0.5) is 0 Å². The summed E-state index contributed by atoms with van der Waals surface area (Å²) in [5.41, 5.74) is -3.53. The van der Waals surface area contributed by atoms with Crippen LogP contribution in [0.2, 0.25) is 0 Å². The summed E-state index contributed by atoms with van der Waals surface area (Å²) in [7, 11) is 0. The van der Waals surface area contributed by atoms with Gasteiger partial charge in [0.15, 0.2) is 0 Å². The second kappa shape index (κ2) is 8.02. The van der Waals surface area contributed by atoms with Crippen molar-refractivity contribution < 1.29 is 51.9 Å². The molecule has 1 atom stereocenters. The van der Waals surface area contributed by atoms with Crippen molar-refractivity contribution >= 4 is 17.9 Å². The Bertz CT molecular complexity index is 232. The third-order valence-electron chi connectivity index (χ3n) is 1.59. The first kappa shape index (κ1) is 24.2.